The summed E-state index contributed by atoms with van der Waals surface area (Å²) < 4.78 is 4.07. The molecule has 0 saturated heterocycles. The highest BCUT2D eigenvalue weighted by Gasteiger charge is 2.21. The monoisotopic (exact) mass is 657 g/mol. The molecule has 5 nitrogen and oxygen atoms in total. The van der Waals surface area contributed by atoms with Crippen molar-refractivity contribution >= 4 is 82.7 Å². The van der Waals surface area contributed by atoms with Crippen molar-refractivity contribution in [2.75, 3.05) is 5.32 Å². The Kier molecular flexibility index (Phi) is 8.64. The Labute approximate surface area is 241 Å². The van der Waals surface area contributed by atoms with Crippen molar-refractivity contribution in [3.63, 3.8) is 0 Å². The van der Waals surface area contributed by atoms with Gasteiger partial charge < -0.3 is 10.6 Å². The Morgan fingerprint density at radius 1 is 0.946 bits per heavy atom. The summed E-state index contributed by atoms with van der Waals surface area (Å²) in [5.41, 5.74) is 3.55. The van der Waals surface area contributed by atoms with Crippen LogP contribution in [0.4, 0.5) is 5.69 Å². The van der Waals surface area contributed by atoms with Gasteiger partial charge in [0, 0.05) is 26.4 Å². The van der Waals surface area contributed by atoms with Gasteiger partial charge in [0.1, 0.15) is 0 Å². The zero-order valence-electron chi connectivity index (χ0n) is 19.9. The van der Waals surface area contributed by atoms with E-state index in [2.05, 4.69) is 48.6 Å². The fourth-order valence-corrected chi connectivity index (χ4v) is 7.89. The van der Waals surface area contributed by atoms with Gasteiger partial charge in [-0.15, -0.1) is 11.3 Å². The maximum Gasteiger partial charge on any atom is 0.256 e. The summed E-state index contributed by atoms with van der Waals surface area (Å²) in [6, 6.07) is 19.1. The Bertz CT molecular complexity index is 1450. The molecule has 1 saturated carbocycles. The highest BCUT2D eigenvalue weighted by molar-refractivity contribution is 9.11. The van der Waals surface area contributed by atoms with Crippen molar-refractivity contribution in [2.45, 2.75) is 48.2 Å². The minimum atomic E-state index is -0.298. The number of halogens is 2. The normalized spacial score (nSPS) is 14.0. The Balaban J connectivity index is 1.27. The van der Waals surface area contributed by atoms with Crippen LogP contribution in [0.2, 0.25) is 0 Å². The van der Waals surface area contributed by atoms with Gasteiger partial charge in [0.2, 0.25) is 0 Å². The molecule has 3 aromatic carbocycles. The molecule has 2 N–H and O–H groups in total. The maximum atomic E-state index is 13.2. The van der Waals surface area contributed by atoms with Crippen molar-refractivity contribution in [3.05, 3.63) is 86.3 Å². The number of amides is 2. The third-order valence-corrected chi connectivity index (χ3v) is 9.79. The van der Waals surface area contributed by atoms with E-state index in [-0.39, 0.29) is 17.9 Å². The number of rotatable bonds is 7. The molecular weight excluding hydrogens is 634 g/mol. The van der Waals surface area contributed by atoms with E-state index in [1.807, 2.05) is 30.3 Å². The maximum absolute atomic E-state index is 13.2. The largest absolute Gasteiger partial charge is 0.349 e. The van der Waals surface area contributed by atoms with Gasteiger partial charge in [-0.2, -0.15) is 0 Å². The molecule has 1 aliphatic rings. The number of thioether (sulfide) groups is 1. The van der Waals surface area contributed by atoms with Crippen LogP contribution in [0.3, 0.4) is 0 Å². The predicted octanol–water partition coefficient (Wildman–Crippen LogP) is 8.43. The predicted molar refractivity (Wildman–Crippen MR) is 160 cm³/mol. The highest BCUT2D eigenvalue weighted by atomic mass is 79.9. The van der Waals surface area contributed by atoms with Crippen molar-refractivity contribution in [2.24, 2.45) is 0 Å². The molecule has 1 aromatic heterocycles. The Morgan fingerprint density at radius 3 is 2.46 bits per heavy atom. The number of nitrogens with zero attached hydrogens (tertiary/aromatic N) is 1. The lowest BCUT2D eigenvalue weighted by Crippen LogP contribution is -2.37. The summed E-state index contributed by atoms with van der Waals surface area (Å²) in [5.74, 6) is 0.319. The topological polar surface area (TPSA) is 71.1 Å². The first-order valence-electron chi connectivity index (χ1n) is 12.1. The molecule has 1 heterocycles. The lowest BCUT2D eigenvalue weighted by molar-refractivity contribution is 0.0917. The fourth-order valence-electron chi connectivity index (χ4n) is 4.41. The zero-order chi connectivity index (χ0) is 25.8. The number of anilines is 1. The van der Waals surface area contributed by atoms with Crippen LogP contribution < -0.4 is 10.6 Å². The molecule has 2 amide bonds. The summed E-state index contributed by atoms with van der Waals surface area (Å²) in [6.45, 7) is 0. The van der Waals surface area contributed by atoms with Crippen LogP contribution in [0, 0.1) is 0 Å². The van der Waals surface area contributed by atoms with E-state index >= 15 is 0 Å². The first-order chi connectivity index (χ1) is 18.0. The van der Waals surface area contributed by atoms with Crippen LogP contribution in [-0.4, -0.2) is 22.8 Å². The van der Waals surface area contributed by atoms with E-state index in [0.29, 0.717) is 16.8 Å². The number of hydrogen-bond donors (Lipinski definition) is 2. The first-order valence-corrected chi connectivity index (χ1v) is 15.5. The standard InChI is InChI=1S/C28H25Br2N3O2S2/c29-18-11-10-17(23(30)14-18)16-36-28-33-24-13-12-20(15-25(24)37-28)32-27(35)22-9-5-4-8-21(22)26(34)31-19-6-2-1-3-7-19/h4-5,8-15,19H,1-3,6-7,16H2,(H,31,34)(H,32,35). The Hall–Kier alpha value is -2.20. The average Bonchev–Trinajstić information content (AvgIpc) is 3.31. The lowest BCUT2D eigenvalue weighted by Gasteiger charge is -2.23. The lowest BCUT2D eigenvalue weighted by atomic mass is 9.95. The summed E-state index contributed by atoms with van der Waals surface area (Å²) in [6.07, 6.45) is 5.48. The number of thiazole rings is 1. The van der Waals surface area contributed by atoms with Crippen molar-refractivity contribution in [3.8, 4) is 0 Å². The van der Waals surface area contributed by atoms with Crippen molar-refractivity contribution in [1.29, 1.82) is 0 Å². The van der Waals surface area contributed by atoms with Crippen LogP contribution in [-0.2, 0) is 5.75 Å². The molecule has 5 rings (SSSR count). The summed E-state index contributed by atoms with van der Waals surface area (Å²) in [4.78, 5) is 30.9. The SMILES string of the molecule is O=C(Nc1ccc2nc(SCc3ccc(Br)cc3Br)sc2c1)c1ccccc1C(=O)NC1CCCCC1. The second-order valence-electron chi connectivity index (χ2n) is 8.99. The smallest absolute Gasteiger partial charge is 0.256 e. The van der Waals surface area contributed by atoms with Gasteiger partial charge in [0.05, 0.1) is 21.3 Å². The van der Waals surface area contributed by atoms with Gasteiger partial charge in [-0.1, -0.05) is 81.1 Å². The quantitative estimate of drug-likeness (QED) is 0.196. The fraction of sp³-hybridized carbons (Fsp3) is 0.250. The van der Waals surface area contributed by atoms with E-state index in [0.717, 1.165) is 54.9 Å². The molecule has 9 heteroatoms. The molecule has 0 aliphatic heterocycles. The third-order valence-electron chi connectivity index (χ3n) is 6.35. The highest BCUT2D eigenvalue weighted by Crippen LogP contribution is 2.35. The zero-order valence-corrected chi connectivity index (χ0v) is 24.7. The van der Waals surface area contributed by atoms with Gasteiger partial charge in [0.15, 0.2) is 4.34 Å². The minimum absolute atomic E-state index is 0.183. The number of carbonyl (C=O) groups is 2. The number of hydrogen-bond acceptors (Lipinski definition) is 5. The van der Waals surface area contributed by atoms with Gasteiger partial charge >= 0.3 is 0 Å². The molecule has 0 unspecified atom stereocenters. The van der Waals surface area contributed by atoms with E-state index < -0.39 is 0 Å². The number of carbonyl (C=O) groups excluding carboxylic acids is 2. The second-order valence-corrected chi connectivity index (χ2v) is 13.0. The summed E-state index contributed by atoms with van der Waals surface area (Å²) in [7, 11) is 0. The molecule has 0 bridgehead atoms. The van der Waals surface area contributed by atoms with E-state index in [1.165, 1.54) is 12.0 Å². The molecule has 1 aliphatic carbocycles. The molecular formula is C28H25Br2N3O2S2. The Morgan fingerprint density at radius 2 is 1.70 bits per heavy atom. The summed E-state index contributed by atoms with van der Waals surface area (Å²) in [5, 5.41) is 6.09. The molecule has 0 atom stereocenters. The average molecular weight is 659 g/mol. The molecule has 0 spiro atoms. The van der Waals surface area contributed by atoms with E-state index in [9.17, 15) is 9.59 Å². The van der Waals surface area contributed by atoms with Gasteiger partial charge in [-0.05, 0) is 60.9 Å². The molecule has 0 radical (unpaired) electrons. The number of benzene rings is 3. The number of aromatic nitrogens is 1. The second kappa shape index (κ2) is 12.1. The molecule has 37 heavy (non-hydrogen) atoms. The first kappa shape index (κ1) is 26.4. The van der Waals surface area contributed by atoms with Crippen LogP contribution in [0.15, 0.2) is 73.9 Å². The number of nitrogens with one attached hydrogen (secondary N) is 2. The van der Waals surface area contributed by atoms with Crippen LogP contribution >= 0.6 is 55.0 Å². The van der Waals surface area contributed by atoms with Gasteiger partial charge in [-0.3, -0.25) is 9.59 Å². The van der Waals surface area contributed by atoms with Gasteiger partial charge in [0.25, 0.3) is 11.8 Å². The summed E-state index contributed by atoms with van der Waals surface area (Å²) >= 11 is 10.4. The minimum Gasteiger partial charge on any atom is -0.349 e. The van der Waals surface area contributed by atoms with Crippen molar-refractivity contribution < 1.29 is 9.59 Å². The number of fused-ring (bicyclic) bond motifs is 1. The van der Waals surface area contributed by atoms with Crippen LogP contribution in [0.25, 0.3) is 10.2 Å². The molecule has 1 fully saturated rings. The molecule has 190 valence electrons. The van der Waals surface area contributed by atoms with E-state index in [1.54, 1.807) is 47.4 Å². The van der Waals surface area contributed by atoms with Crippen LogP contribution in [0.1, 0.15) is 58.4 Å². The third kappa shape index (κ3) is 6.63. The van der Waals surface area contributed by atoms with Crippen LogP contribution in [0.5, 0.6) is 0 Å². The van der Waals surface area contributed by atoms with Gasteiger partial charge in [-0.25, -0.2) is 4.98 Å². The molecule has 4 aromatic rings. The van der Waals surface area contributed by atoms with E-state index in [4.69, 9.17) is 4.98 Å². The van der Waals surface area contributed by atoms with Crippen molar-refractivity contribution in [1.82, 2.24) is 10.3 Å².